The summed E-state index contributed by atoms with van der Waals surface area (Å²) >= 11 is 0. The zero-order chi connectivity index (χ0) is 9.54. The zero-order valence-electron chi connectivity index (χ0n) is 7.71. The molecule has 14 heavy (non-hydrogen) atoms. The van der Waals surface area contributed by atoms with Crippen LogP contribution in [0.4, 0.5) is 0 Å². The lowest BCUT2D eigenvalue weighted by atomic mass is 9.90. The van der Waals surface area contributed by atoms with E-state index in [2.05, 4.69) is 0 Å². The Bertz CT molecular complexity index is 409. The van der Waals surface area contributed by atoms with Crippen LogP contribution in [0.2, 0.25) is 0 Å². The molecule has 0 N–H and O–H groups in total. The van der Waals surface area contributed by atoms with Crippen LogP contribution in [0.15, 0.2) is 12.1 Å². The topological polar surface area (TPSA) is 35.5 Å². The number of fused-ring (bicyclic) bond motifs is 3. The van der Waals surface area contributed by atoms with Gasteiger partial charge in [-0.1, -0.05) is 6.07 Å². The number of hydrogen-bond acceptors (Lipinski definition) is 3. The number of carbonyl (C=O) groups is 1. The summed E-state index contributed by atoms with van der Waals surface area (Å²) in [5.41, 5.74) is 2.27. The van der Waals surface area contributed by atoms with Gasteiger partial charge >= 0.3 is 0 Å². The Balaban J connectivity index is 2.14. The minimum Gasteiger partial charge on any atom is -0.454 e. The lowest BCUT2D eigenvalue weighted by Crippen LogP contribution is -2.13. The minimum absolute atomic E-state index is 0.305. The summed E-state index contributed by atoms with van der Waals surface area (Å²) in [4.78, 5) is 11.3. The number of Topliss-reactive ketones (excluding diaryl/α,β-unsaturated/α-hetero) is 1. The van der Waals surface area contributed by atoms with Gasteiger partial charge in [0.1, 0.15) is 5.78 Å². The summed E-state index contributed by atoms with van der Waals surface area (Å²) in [6.07, 6.45) is 1.97. The van der Waals surface area contributed by atoms with Gasteiger partial charge in [0.05, 0.1) is 0 Å². The molecule has 3 heteroatoms. The van der Waals surface area contributed by atoms with E-state index in [1.807, 2.05) is 12.1 Å². The first-order chi connectivity index (χ1) is 6.84. The first-order valence-corrected chi connectivity index (χ1v) is 4.76. The molecule has 0 unspecified atom stereocenters. The smallest absolute Gasteiger partial charge is 0.231 e. The van der Waals surface area contributed by atoms with Crippen molar-refractivity contribution in [2.24, 2.45) is 0 Å². The predicted molar refractivity (Wildman–Crippen MR) is 49.6 cm³/mol. The summed E-state index contributed by atoms with van der Waals surface area (Å²) in [5.74, 6) is 1.99. The molecule has 1 aliphatic heterocycles. The Labute approximate surface area is 81.6 Å². The minimum atomic E-state index is 0.305. The SMILES string of the molecule is O=C1CCc2c(ccc3c2OCO3)C1. The van der Waals surface area contributed by atoms with Crippen molar-refractivity contribution in [3.8, 4) is 11.5 Å². The summed E-state index contributed by atoms with van der Waals surface area (Å²) < 4.78 is 10.7. The molecule has 0 saturated heterocycles. The highest BCUT2D eigenvalue weighted by Crippen LogP contribution is 2.39. The molecule has 0 atom stereocenters. The Hall–Kier alpha value is -1.51. The second kappa shape index (κ2) is 2.74. The third-order valence-electron chi connectivity index (χ3n) is 2.78. The lowest BCUT2D eigenvalue weighted by Gasteiger charge is -2.16. The fourth-order valence-corrected chi connectivity index (χ4v) is 2.08. The van der Waals surface area contributed by atoms with Gasteiger partial charge in [-0.05, 0) is 18.1 Å². The van der Waals surface area contributed by atoms with Gasteiger partial charge < -0.3 is 9.47 Å². The van der Waals surface area contributed by atoms with E-state index in [-0.39, 0.29) is 0 Å². The molecule has 72 valence electrons. The van der Waals surface area contributed by atoms with Crippen molar-refractivity contribution in [2.75, 3.05) is 6.79 Å². The first-order valence-electron chi connectivity index (χ1n) is 4.76. The van der Waals surface area contributed by atoms with Crippen LogP contribution in [0.5, 0.6) is 11.5 Å². The van der Waals surface area contributed by atoms with E-state index in [0.717, 1.165) is 23.5 Å². The maximum Gasteiger partial charge on any atom is 0.231 e. The molecular formula is C11H10O3. The Morgan fingerprint density at radius 1 is 1.14 bits per heavy atom. The summed E-state index contributed by atoms with van der Waals surface area (Å²) in [6.45, 7) is 0.305. The van der Waals surface area contributed by atoms with Crippen molar-refractivity contribution in [3.05, 3.63) is 23.3 Å². The van der Waals surface area contributed by atoms with Gasteiger partial charge in [0.25, 0.3) is 0 Å². The Kier molecular flexibility index (Phi) is 1.54. The van der Waals surface area contributed by atoms with Crippen molar-refractivity contribution >= 4 is 5.78 Å². The molecule has 0 fully saturated rings. The number of ketones is 1. The maximum absolute atomic E-state index is 11.3. The quantitative estimate of drug-likeness (QED) is 0.621. The van der Waals surface area contributed by atoms with Crippen LogP contribution in [-0.2, 0) is 17.6 Å². The fourth-order valence-electron chi connectivity index (χ4n) is 2.08. The molecule has 1 aliphatic carbocycles. The van der Waals surface area contributed by atoms with Crippen LogP contribution in [-0.4, -0.2) is 12.6 Å². The van der Waals surface area contributed by atoms with Gasteiger partial charge in [-0.15, -0.1) is 0 Å². The van der Waals surface area contributed by atoms with E-state index in [1.165, 1.54) is 5.56 Å². The molecule has 1 aromatic rings. The maximum atomic E-state index is 11.3. The Morgan fingerprint density at radius 2 is 2.07 bits per heavy atom. The predicted octanol–water partition coefficient (Wildman–Crippen LogP) is 1.47. The number of hydrogen-bond donors (Lipinski definition) is 0. The zero-order valence-corrected chi connectivity index (χ0v) is 7.71. The molecule has 0 radical (unpaired) electrons. The average molecular weight is 190 g/mol. The second-order valence-corrected chi connectivity index (χ2v) is 3.65. The second-order valence-electron chi connectivity index (χ2n) is 3.65. The highest BCUT2D eigenvalue weighted by Gasteiger charge is 2.24. The first kappa shape index (κ1) is 7.85. The van der Waals surface area contributed by atoms with Crippen molar-refractivity contribution in [1.82, 2.24) is 0 Å². The molecule has 3 rings (SSSR count). The van der Waals surface area contributed by atoms with Crippen molar-refractivity contribution in [2.45, 2.75) is 19.3 Å². The van der Waals surface area contributed by atoms with Crippen molar-refractivity contribution in [3.63, 3.8) is 0 Å². The number of ether oxygens (including phenoxy) is 2. The van der Waals surface area contributed by atoms with Gasteiger partial charge in [-0.2, -0.15) is 0 Å². The number of benzene rings is 1. The van der Waals surface area contributed by atoms with E-state index >= 15 is 0 Å². The molecule has 0 spiro atoms. The summed E-state index contributed by atoms with van der Waals surface area (Å²) in [6, 6.07) is 3.86. The van der Waals surface area contributed by atoms with E-state index in [9.17, 15) is 4.79 Å². The molecule has 3 nitrogen and oxygen atoms in total. The van der Waals surface area contributed by atoms with Crippen LogP contribution < -0.4 is 9.47 Å². The normalized spacial score (nSPS) is 18.1. The molecule has 0 bridgehead atoms. The molecule has 2 aliphatic rings. The van der Waals surface area contributed by atoms with Gasteiger partial charge in [-0.25, -0.2) is 0 Å². The molecular weight excluding hydrogens is 180 g/mol. The third kappa shape index (κ3) is 1.02. The highest BCUT2D eigenvalue weighted by molar-refractivity contribution is 5.84. The number of carbonyl (C=O) groups excluding carboxylic acids is 1. The summed E-state index contributed by atoms with van der Waals surface area (Å²) in [7, 11) is 0. The van der Waals surface area contributed by atoms with Gasteiger partial charge in [0.15, 0.2) is 11.5 Å². The summed E-state index contributed by atoms with van der Waals surface area (Å²) in [5, 5.41) is 0. The monoisotopic (exact) mass is 190 g/mol. The van der Waals surface area contributed by atoms with E-state index in [1.54, 1.807) is 0 Å². The van der Waals surface area contributed by atoms with E-state index in [4.69, 9.17) is 9.47 Å². The van der Waals surface area contributed by atoms with Crippen LogP contribution in [0, 0.1) is 0 Å². The van der Waals surface area contributed by atoms with E-state index < -0.39 is 0 Å². The van der Waals surface area contributed by atoms with Gasteiger partial charge in [-0.3, -0.25) is 4.79 Å². The number of rotatable bonds is 0. The van der Waals surface area contributed by atoms with Crippen molar-refractivity contribution in [1.29, 1.82) is 0 Å². The third-order valence-corrected chi connectivity index (χ3v) is 2.78. The molecule has 0 saturated carbocycles. The molecule has 1 aromatic carbocycles. The highest BCUT2D eigenvalue weighted by atomic mass is 16.7. The van der Waals surface area contributed by atoms with Crippen LogP contribution in [0.3, 0.4) is 0 Å². The fraction of sp³-hybridized carbons (Fsp3) is 0.364. The molecule has 1 heterocycles. The van der Waals surface area contributed by atoms with E-state index in [0.29, 0.717) is 25.4 Å². The average Bonchev–Trinajstić information content (AvgIpc) is 2.65. The molecule has 0 aromatic heterocycles. The largest absolute Gasteiger partial charge is 0.454 e. The Morgan fingerprint density at radius 3 is 3.00 bits per heavy atom. The van der Waals surface area contributed by atoms with Crippen LogP contribution in [0.1, 0.15) is 17.5 Å². The van der Waals surface area contributed by atoms with Crippen LogP contribution in [0.25, 0.3) is 0 Å². The molecule has 0 amide bonds. The van der Waals surface area contributed by atoms with Gasteiger partial charge in [0.2, 0.25) is 6.79 Å². The standard InChI is InChI=1S/C11H10O3/c12-8-2-3-9-7(5-8)1-4-10-11(9)14-6-13-10/h1,4H,2-3,5-6H2. The van der Waals surface area contributed by atoms with Crippen LogP contribution >= 0.6 is 0 Å². The van der Waals surface area contributed by atoms with Gasteiger partial charge in [0, 0.05) is 18.4 Å². The van der Waals surface area contributed by atoms with Crippen molar-refractivity contribution < 1.29 is 14.3 Å². The lowest BCUT2D eigenvalue weighted by molar-refractivity contribution is -0.118.